The first-order valence-electron chi connectivity index (χ1n) is 15.3. The number of imide groups is 2. The molecule has 2 aromatic carbocycles. The summed E-state index contributed by atoms with van der Waals surface area (Å²) in [7, 11) is 0. The molecule has 10 nitrogen and oxygen atoms in total. The molecule has 6 heterocycles. The Morgan fingerprint density at radius 1 is 0.543 bits per heavy atom. The highest BCUT2D eigenvalue weighted by Gasteiger charge is 2.74. The second-order valence-electron chi connectivity index (χ2n) is 11.5. The van der Waals surface area contributed by atoms with Crippen molar-refractivity contribution in [3.8, 4) is 11.5 Å². The van der Waals surface area contributed by atoms with Crippen LogP contribution in [0.5, 0.6) is 11.5 Å². The summed E-state index contributed by atoms with van der Waals surface area (Å²) in [5.41, 5.74) is 0.926. The van der Waals surface area contributed by atoms with E-state index in [1.54, 1.807) is 48.5 Å². The number of rotatable bonds is 8. The molecule has 12 heteroatoms. The molecule has 0 aliphatic carbocycles. The third kappa shape index (κ3) is 4.13. The number of ether oxygens (including phenoxy) is 2. The van der Waals surface area contributed by atoms with Crippen LogP contribution in [0.1, 0.15) is 35.7 Å². The zero-order chi connectivity index (χ0) is 31.7. The standard InChI is InChI=1S/C34H30N4O6S2/c1-3-43-21-13-9-19(10-14-21)35-31(39)25-27(23-7-5-17-45-23)38-30-26(28(24-8-6-18-46-24)37(38)29(25)33(35)41)32(40)36(34(30)42)20-11-15-22(16-12-20)44-4-2/h5-18,25-30H,3-4H2,1-2H3. The minimum atomic E-state index is -0.886. The molecule has 234 valence electrons. The van der Waals surface area contributed by atoms with Crippen LogP contribution in [0.15, 0.2) is 83.6 Å². The van der Waals surface area contributed by atoms with Gasteiger partial charge in [-0.15, -0.1) is 22.7 Å². The van der Waals surface area contributed by atoms with E-state index in [2.05, 4.69) is 0 Å². The van der Waals surface area contributed by atoms with Gasteiger partial charge in [-0.1, -0.05) is 12.1 Å². The fraction of sp³-hybridized carbons (Fsp3) is 0.294. The Kier molecular flexibility index (Phi) is 7.05. The number of hydrogen-bond acceptors (Lipinski definition) is 10. The van der Waals surface area contributed by atoms with E-state index < -0.39 is 36.0 Å². The van der Waals surface area contributed by atoms with E-state index in [1.807, 2.05) is 58.9 Å². The smallest absolute Gasteiger partial charge is 0.253 e. The van der Waals surface area contributed by atoms with Crippen LogP contribution in [0.4, 0.5) is 11.4 Å². The SMILES string of the molecule is CCOc1ccc(N2C(=O)C3C(C2=O)N2C(c4cccs4)C4C(=O)N(c5ccc(OCC)cc5)C(=O)C4N2C3c2cccs2)cc1. The lowest BCUT2D eigenvalue weighted by Crippen LogP contribution is -2.50. The second kappa shape index (κ2) is 11.2. The van der Waals surface area contributed by atoms with Gasteiger partial charge in [0.25, 0.3) is 11.8 Å². The Morgan fingerprint density at radius 3 is 1.26 bits per heavy atom. The van der Waals surface area contributed by atoms with Gasteiger partial charge in [0.15, 0.2) is 0 Å². The molecule has 0 bridgehead atoms. The van der Waals surface area contributed by atoms with Gasteiger partial charge in [-0.05, 0) is 85.3 Å². The molecule has 4 fully saturated rings. The van der Waals surface area contributed by atoms with E-state index in [-0.39, 0.29) is 23.6 Å². The number of hydrogen-bond donors (Lipinski definition) is 0. The second-order valence-corrected chi connectivity index (χ2v) is 13.5. The van der Waals surface area contributed by atoms with Crippen molar-refractivity contribution < 1.29 is 28.7 Å². The first-order chi connectivity index (χ1) is 22.4. The summed E-state index contributed by atoms with van der Waals surface area (Å²) in [6.45, 7) is 4.78. The highest BCUT2D eigenvalue weighted by molar-refractivity contribution is 7.10. The first kappa shape index (κ1) is 29.1. The first-order valence-corrected chi connectivity index (χ1v) is 17.0. The van der Waals surface area contributed by atoms with Gasteiger partial charge in [0.1, 0.15) is 23.6 Å². The molecule has 6 unspecified atom stereocenters. The lowest BCUT2D eigenvalue weighted by molar-refractivity contribution is -0.135. The predicted molar refractivity (Wildman–Crippen MR) is 173 cm³/mol. The van der Waals surface area contributed by atoms with Gasteiger partial charge in [0, 0.05) is 9.75 Å². The zero-order valence-corrected chi connectivity index (χ0v) is 26.6. The van der Waals surface area contributed by atoms with Crippen molar-refractivity contribution in [1.29, 1.82) is 0 Å². The molecule has 4 amide bonds. The van der Waals surface area contributed by atoms with Gasteiger partial charge in [0.05, 0.1) is 48.5 Å². The van der Waals surface area contributed by atoms with Gasteiger partial charge in [-0.2, -0.15) is 0 Å². The maximum Gasteiger partial charge on any atom is 0.253 e. The zero-order valence-electron chi connectivity index (χ0n) is 25.0. The number of thiophene rings is 2. The summed E-state index contributed by atoms with van der Waals surface area (Å²) in [6.07, 6.45) is 0. The lowest BCUT2D eigenvalue weighted by Gasteiger charge is -2.35. The number of carbonyl (C=O) groups is 4. The van der Waals surface area contributed by atoms with Crippen molar-refractivity contribution in [3.05, 3.63) is 93.3 Å². The molecular weight excluding hydrogens is 625 g/mol. The average molecular weight is 655 g/mol. The number of nitrogens with zero attached hydrogens (tertiary/aromatic N) is 4. The van der Waals surface area contributed by atoms with Crippen LogP contribution in [0.2, 0.25) is 0 Å². The Balaban J connectivity index is 1.24. The summed E-state index contributed by atoms with van der Waals surface area (Å²) in [4.78, 5) is 62.0. The van der Waals surface area contributed by atoms with Crippen molar-refractivity contribution in [1.82, 2.24) is 10.0 Å². The molecule has 4 aliphatic heterocycles. The van der Waals surface area contributed by atoms with E-state index in [9.17, 15) is 19.2 Å². The highest BCUT2D eigenvalue weighted by atomic mass is 32.1. The summed E-state index contributed by atoms with van der Waals surface area (Å²) in [5, 5.41) is 7.65. The fourth-order valence-corrected chi connectivity index (χ4v) is 9.27. The molecule has 6 atom stereocenters. The van der Waals surface area contributed by atoms with Crippen molar-refractivity contribution in [3.63, 3.8) is 0 Å². The third-order valence-electron chi connectivity index (χ3n) is 9.21. The Morgan fingerprint density at radius 2 is 0.935 bits per heavy atom. The molecule has 4 saturated heterocycles. The summed E-state index contributed by atoms with van der Waals surface area (Å²) in [6, 6.07) is 18.6. The van der Waals surface area contributed by atoms with Crippen LogP contribution in [0, 0.1) is 11.8 Å². The van der Waals surface area contributed by atoms with Crippen molar-refractivity contribution >= 4 is 57.7 Å². The normalized spacial score (nSPS) is 27.4. The van der Waals surface area contributed by atoms with Crippen LogP contribution < -0.4 is 19.3 Å². The number of fused-ring (bicyclic) bond motifs is 5. The van der Waals surface area contributed by atoms with E-state index in [4.69, 9.17) is 9.47 Å². The van der Waals surface area contributed by atoms with Crippen LogP contribution >= 0.6 is 22.7 Å². The number of carbonyl (C=O) groups excluding carboxylic acids is 4. The molecule has 0 saturated carbocycles. The number of anilines is 2. The molecule has 0 spiro atoms. The molecule has 4 aromatic rings. The van der Waals surface area contributed by atoms with Crippen molar-refractivity contribution in [2.45, 2.75) is 38.0 Å². The van der Waals surface area contributed by atoms with E-state index in [0.717, 1.165) is 9.75 Å². The molecule has 2 aromatic heterocycles. The Labute approximate surface area is 273 Å². The third-order valence-corrected chi connectivity index (χ3v) is 11.1. The summed E-state index contributed by atoms with van der Waals surface area (Å²) >= 11 is 2.95. The monoisotopic (exact) mass is 654 g/mol. The molecular formula is C34H30N4O6S2. The quantitative estimate of drug-likeness (QED) is 0.244. The van der Waals surface area contributed by atoms with Gasteiger partial charge in [0.2, 0.25) is 11.8 Å². The number of amides is 4. The molecule has 0 N–H and O–H groups in total. The van der Waals surface area contributed by atoms with Crippen LogP contribution in [0.3, 0.4) is 0 Å². The summed E-state index contributed by atoms with van der Waals surface area (Å²) < 4.78 is 11.1. The highest BCUT2D eigenvalue weighted by Crippen LogP contribution is 2.60. The molecule has 8 rings (SSSR count). The van der Waals surface area contributed by atoms with E-state index in [0.29, 0.717) is 36.1 Å². The minimum Gasteiger partial charge on any atom is -0.494 e. The van der Waals surface area contributed by atoms with Crippen molar-refractivity contribution in [2.24, 2.45) is 11.8 Å². The maximum absolute atomic E-state index is 14.5. The van der Waals surface area contributed by atoms with Crippen LogP contribution in [-0.2, 0) is 19.2 Å². The van der Waals surface area contributed by atoms with Gasteiger partial charge in [-0.3, -0.25) is 19.2 Å². The molecule has 0 radical (unpaired) electrons. The van der Waals surface area contributed by atoms with Crippen LogP contribution in [-0.4, -0.2) is 58.9 Å². The fourth-order valence-electron chi connectivity index (χ4n) is 7.54. The van der Waals surface area contributed by atoms with E-state index in [1.165, 1.54) is 32.5 Å². The minimum absolute atomic E-state index is 0.325. The molecule has 4 aliphatic rings. The number of hydrazine groups is 1. The Hall–Kier alpha value is -4.36. The predicted octanol–water partition coefficient (Wildman–Crippen LogP) is 5.05. The Bertz CT molecular complexity index is 1680. The number of benzene rings is 2. The average Bonchev–Trinajstić information content (AvgIpc) is 3.90. The van der Waals surface area contributed by atoms with Gasteiger partial charge >= 0.3 is 0 Å². The van der Waals surface area contributed by atoms with Crippen LogP contribution in [0.25, 0.3) is 0 Å². The van der Waals surface area contributed by atoms with Crippen molar-refractivity contribution in [2.75, 3.05) is 23.0 Å². The molecule has 46 heavy (non-hydrogen) atoms. The maximum atomic E-state index is 14.5. The van der Waals surface area contributed by atoms with Gasteiger partial charge in [-0.25, -0.2) is 19.8 Å². The lowest BCUT2D eigenvalue weighted by atomic mass is 9.88. The summed E-state index contributed by atoms with van der Waals surface area (Å²) in [5.74, 6) is -1.64. The largest absolute Gasteiger partial charge is 0.494 e. The topological polar surface area (TPSA) is 99.7 Å². The van der Waals surface area contributed by atoms with E-state index >= 15 is 0 Å². The van der Waals surface area contributed by atoms with Gasteiger partial charge < -0.3 is 9.47 Å².